The molecule has 0 spiro atoms. The zero-order chi connectivity index (χ0) is 7.72. The first kappa shape index (κ1) is 7.94. The van der Waals surface area contributed by atoms with E-state index in [-0.39, 0.29) is 12.1 Å². The summed E-state index contributed by atoms with van der Waals surface area (Å²) in [7, 11) is 0. The molecule has 4 nitrogen and oxygen atoms in total. The highest BCUT2D eigenvalue weighted by atomic mass is 16.6. The van der Waals surface area contributed by atoms with Crippen LogP contribution in [-0.2, 0) is 4.74 Å². The van der Waals surface area contributed by atoms with Gasteiger partial charge in [-0.15, -0.1) is 0 Å². The average Bonchev–Trinajstić information content (AvgIpc) is 1.82. The topological polar surface area (TPSA) is 75.7 Å². The molecule has 1 saturated heterocycles. The van der Waals surface area contributed by atoms with Crippen molar-refractivity contribution in [2.45, 2.75) is 37.9 Å². The number of hydrogen-bond donors (Lipinski definition) is 3. The highest BCUT2D eigenvalue weighted by molar-refractivity contribution is 4.82. The minimum atomic E-state index is -0.812. The fourth-order valence-corrected chi connectivity index (χ4v) is 1.10. The summed E-state index contributed by atoms with van der Waals surface area (Å²) in [6.45, 7) is 1.69. The molecule has 0 radical (unpaired) electrons. The van der Waals surface area contributed by atoms with E-state index < -0.39 is 12.4 Å². The molecular formula is C6H13NO3. The monoisotopic (exact) mass is 147 g/mol. The largest absolute Gasteiger partial charge is 0.389 e. The van der Waals surface area contributed by atoms with Crippen molar-refractivity contribution >= 4 is 0 Å². The van der Waals surface area contributed by atoms with Crippen molar-refractivity contribution in [1.82, 2.24) is 0 Å². The van der Waals surface area contributed by atoms with E-state index in [0.717, 1.165) is 0 Å². The number of nitrogens with two attached hydrogens (primary N) is 1. The van der Waals surface area contributed by atoms with Crippen LogP contribution in [0.5, 0.6) is 0 Å². The minimum Gasteiger partial charge on any atom is -0.389 e. The van der Waals surface area contributed by atoms with Crippen LogP contribution in [0, 0.1) is 0 Å². The fraction of sp³-hybridized carbons (Fsp3) is 1.00. The number of hydrogen-bond acceptors (Lipinski definition) is 4. The Hall–Kier alpha value is -0.160. The maximum atomic E-state index is 9.20. The second kappa shape index (κ2) is 2.84. The molecule has 1 heterocycles. The maximum Gasteiger partial charge on any atom is 0.156 e. The van der Waals surface area contributed by atoms with Gasteiger partial charge in [0.15, 0.2) is 6.29 Å². The van der Waals surface area contributed by atoms with Crippen molar-refractivity contribution in [1.29, 1.82) is 0 Å². The molecule has 0 aromatic carbocycles. The van der Waals surface area contributed by atoms with Gasteiger partial charge in [0.05, 0.1) is 12.2 Å². The van der Waals surface area contributed by atoms with Gasteiger partial charge in [-0.3, -0.25) is 0 Å². The first-order valence-corrected chi connectivity index (χ1v) is 3.38. The molecule has 0 amide bonds. The number of ether oxygens (including phenoxy) is 1. The van der Waals surface area contributed by atoms with Crippen molar-refractivity contribution < 1.29 is 14.9 Å². The molecule has 4 heteroatoms. The first-order valence-electron chi connectivity index (χ1n) is 3.38. The van der Waals surface area contributed by atoms with Crippen molar-refractivity contribution in [2.24, 2.45) is 5.73 Å². The van der Waals surface area contributed by atoms with E-state index in [1.165, 1.54) is 0 Å². The second-order valence-corrected chi connectivity index (χ2v) is 2.69. The molecule has 4 N–H and O–H groups in total. The Labute approximate surface area is 59.6 Å². The molecule has 0 unspecified atom stereocenters. The highest BCUT2D eigenvalue weighted by Crippen LogP contribution is 2.16. The van der Waals surface area contributed by atoms with Crippen molar-refractivity contribution in [3.8, 4) is 0 Å². The van der Waals surface area contributed by atoms with Crippen LogP contribution in [0.3, 0.4) is 0 Å². The lowest BCUT2D eigenvalue weighted by Gasteiger charge is -2.33. The molecule has 1 aliphatic rings. The van der Waals surface area contributed by atoms with Crippen molar-refractivity contribution in [3.63, 3.8) is 0 Å². The number of aliphatic hydroxyl groups excluding tert-OH is 2. The molecule has 0 saturated carbocycles. The quantitative estimate of drug-likeness (QED) is 0.402. The molecule has 0 aliphatic carbocycles. The predicted octanol–water partition coefficient (Wildman–Crippen LogP) is -1.20. The lowest BCUT2D eigenvalue weighted by Crippen LogP contribution is -2.51. The van der Waals surface area contributed by atoms with Crippen LogP contribution < -0.4 is 5.73 Å². The summed E-state index contributed by atoms with van der Waals surface area (Å²) in [5.74, 6) is 0. The molecule has 10 heavy (non-hydrogen) atoms. The molecule has 4 atom stereocenters. The Morgan fingerprint density at radius 1 is 1.50 bits per heavy atom. The first-order chi connectivity index (χ1) is 4.61. The number of rotatable bonds is 0. The van der Waals surface area contributed by atoms with Crippen molar-refractivity contribution in [3.05, 3.63) is 0 Å². The average molecular weight is 147 g/mol. The third-order valence-electron chi connectivity index (χ3n) is 1.77. The summed E-state index contributed by atoms with van der Waals surface area (Å²) in [6.07, 6.45) is -1.51. The molecule has 0 bridgehead atoms. The Bertz CT molecular complexity index is 108. The van der Waals surface area contributed by atoms with Crippen LogP contribution in [0.15, 0.2) is 0 Å². The third-order valence-corrected chi connectivity index (χ3v) is 1.77. The van der Waals surface area contributed by atoms with Crippen LogP contribution in [0.25, 0.3) is 0 Å². The summed E-state index contributed by atoms with van der Waals surface area (Å²) >= 11 is 0. The molecule has 1 aliphatic heterocycles. The second-order valence-electron chi connectivity index (χ2n) is 2.69. The summed E-state index contributed by atoms with van der Waals surface area (Å²) in [6, 6.07) is -0.362. The van der Waals surface area contributed by atoms with Crippen LogP contribution in [0.2, 0.25) is 0 Å². The van der Waals surface area contributed by atoms with Gasteiger partial charge in [0.1, 0.15) is 0 Å². The van der Waals surface area contributed by atoms with Crippen LogP contribution in [-0.4, -0.2) is 34.8 Å². The zero-order valence-electron chi connectivity index (χ0n) is 5.90. The van der Waals surface area contributed by atoms with E-state index in [4.69, 9.17) is 15.6 Å². The highest BCUT2D eigenvalue weighted by Gasteiger charge is 2.31. The minimum absolute atomic E-state index is 0.311. The lowest BCUT2D eigenvalue weighted by atomic mass is 10.0. The van der Waals surface area contributed by atoms with E-state index in [1.807, 2.05) is 0 Å². The normalized spacial score (nSPS) is 49.2. The molecule has 0 aromatic rings. The Morgan fingerprint density at radius 2 is 2.10 bits per heavy atom. The van der Waals surface area contributed by atoms with Gasteiger partial charge in [-0.05, 0) is 6.92 Å². The smallest absolute Gasteiger partial charge is 0.156 e. The van der Waals surface area contributed by atoms with E-state index in [9.17, 15) is 5.11 Å². The number of aliphatic hydroxyl groups is 2. The zero-order valence-corrected chi connectivity index (χ0v) is 5.90. The van der Waals surface area contributed by atoms with Gasteiger partial charge in [0.2, 0.25) is 0 Å². The van der Waals surface area contributed by atoms with Gasteiger partial charge >= 0.3 is 0 Å². The Balaban J connectivity index is 2.49. The molecule has 0 aromatic heterocycles. The van der Waals surface area contributed by atoms with Gasteiger partial charge in [0, 0.05) is 12.5 Å². The van der Waals surface area contributed by atoms with E-state index in [1.54, 1.807) is 6.92 Å². The molecule has 1 rings (SSSR count). The maximum absolute atomic E-state index is 9.20. The van der Waals surface area contributed by atoms with Crippen molar-refractivity contribution in [2.75, 3.05) is 0 Å². The summed E-state index contributed by atoms with van der Waals surface area (Å²) in [5, 5.41) is 18.2. The van der Waals surface area contributed by atoms with Crippen LogP contribution >= 0.6 is 0 Å². The molecule has 1 fully saturated rings. The molecular weight excluding hydrogens is 134 g/mol. The van der Waals surface area contributed by atoms with Gasteiger partial charge in [-0.2, -0.15) is 0 Å². The lowest BCUT2D eigenvalue weighted by molar-refractivity contribution is -0.198. The van der Waals surface area contributed by atoms with Gasteiger partial charge in [-0.25, -0.2) is 0 Å². The van der Waals surface area contributed by atoms with Gasteiger partial charge < -0.3 is 20.7 Å². The van der Waals surface area contributed by atoms with Gasteiger partial charge in [0.25, 0.3) is 0 Å². The summed E-state index contributed by atoms with van der Waals surface area (Å²) < 4.78 is 4.89. The van der Waals surface area contributed by atoms with E-state index >= 15 is 0 Å². The standard InChI is InChI=1S/C6H13NO3/c1-3-6(9)4(7)2-5(8)10-3/h3-6,8-9H,2,7H2,1H3/t3-,4-,5-,6-/m1/s1. The third kappa shape index (κ3) is 1.46. The van der Waals surface area contributed by atoms with E-state index in [2.05, 4.69) is 0 Å². The summed E-state index contributed by atoms with van der Waals surface area (Å²) in [4.78, 5) is 0. The fourth-order valence-electron chi connectivity index (χ4n) is 1.10. The predicted molar refractivity (Wildman–Crippen MR) is 35.2 cm³/mol. The van der Waals surface area contributed by atoms with Gasteiger partial charge in [-0.1, -0.05) is 0 Å². The van der Waals surface area contributed by atoms with Crippen LogP contribution in [0.4, 0.5) is 0 Å². The molecule has 60 valence electrons. The SMILES string of the molecule is C[C@H]1O[C@@H](O)C[C@@H](N)[C@@H]1O. The Morgan fingerprint density at radius 3 is 2.60 bits per heavy atom. The van der Waals surface area contributed by atoms with Crippen LogP contribution in [0.1, 0.15) is 13.3 Å². The van der Waals surface area contributed by atoms with E-state index in [0.29, 0.717) is 6.42 Å². The Kier molecular flexibility index (Phi) is 2.25. The summed E-state index contributed by atoms with van der Waals surface area (Å²) in [5.41, 5.74) is 5.47.